The van der Waals surface area contributed by atoms with Gasteiger partial charge in [-0.15, -0.1) is 0 Å². The molecule has 1 aromatic carbocycles. The van der Waals surface area contributed by atoms with Gasteiger partial charge in [-0.25, -0.2) is 0 Å². The van der Waals surface area contributed by atoms with E-state index in [2.05, 4.69) is 13.0 Å². The van der Waals surface area contributed by atoms with Crippen molar-refractivity contribution in [3.63, 3.8) is 0 Å². The van der Waals surface area contributed by atoms with E-state index < -0.39 is 0 Å². The highest BCUT2D eigenvalue weighted by Gasteiger charge is 2.04. The van der Waals surface area contributed by atoms with Gasteiger partial charge in [-0.1, -0.05) is 80.8 Å². The normalized spacial score (nSPS) is 11.4. The van der Waals surface area contributed by atoms with Crippen molar-refractivity contribution in [1.82, 2.24) is 0 Å². The van der Waals surface area contributed by atoms with E-state index in [1.165, 1.54) is 38.5 Å². The Morgan fingerprint density at radius 3 is 2.33 bits per heavy atom. The van der Waals surface area contributed by atoms with Gasteiger partial charge in [-0.2, -0.15) is 5.26 Å². The van der Waals surface area contributed by atoms with Gasteiger partial charge in [0.25, 0.3) is 0 Å². The number of hydrogen-bond donors (Lipinski definition) is 0. The summed E-state index contributed by atoms with van der Waals surface area (Å²) in [7, 11) is 0. The summed E-state index contributed by atoms with van der Waals surface area (Å²) in [4.78, 5) is 0. The summed E-state index contributed by atoms with van der Waals surface area (Å²) in [5, 5.41) is 10.3. The first kappa shape index (κ1) is 18.1. The van der Waals surface area contributed by atoms with Crippen molar-refractivity contribution in [3.8, 4) is 6.07 Å². The zero-order valence-electron chi connectivity index (χ0n) is 12.7. The van der Waals surface area contributed by atoms with Gasteiger partial charge in [-0.3, -0.25) is 0 Å². The van der Waals surface area contributed by atoms with Crippen LogP contribution in [0.1, 0.15) is 63.9 Å². The Bertz CT molecular complexity index is 500. The maximum Gasteiger partial charge on any atom is 0.0994 e. The molecule has 1 aromatic rings. The monoisotopic (exact) mass is 323 g/mol. The van der Waals surface area contributed by atoms with Crippen LogP contribution in [0, 0.1) is 11.3 Å². The van der Waals surface area contributed by atoms with Crippen LogP contribution in [0.25, 0.3) is 5.57 Å². The van der Waals surface area contributed by atoms with Crippen molar-refractivity contribution in [3.05, 3.63) is 39.9 Å². The first-order valence-electron chi connectivity index (χ1n) is 7.74. The highest BCUT2D eigenvalue weighted by atomic mass is 35.5. The molecule has 0 fully saturated rings. The smallest absolute Gasteiger partial charge is 0.0994 e. The number of benzene rings is 1. The van der Waals surface area contributed by atoms with Gasteiger partial charge >= 0.3 is 0 Å². The van der Waals surface area contributed by atoms with Crippen LogP contribution in [0.5, 0.6) is 0 Å². The fraction of sp³-hybridized carbons (Fsp3) is 0.500. The van der Waals surface area contributed by atoms with Crippen molar-refractivity contribution in [2.45, 2.75) is 58.3 Å². The standard InChI is InChI=1S/C18H23Cl2N/c1-2-3-4-5-6-7-8-9-10-16(14-21)15-11-12-17(19)18(20)13-15/h10-13H,2-9H2,1H3/b16-10+. The highest BCUT2D eigenvalue weighted by molar-refractivity contribution is 6.42. The van der Waals surface area contributed by atoms with Crippen LogP contribution in [0.4, 0.5) is 0 Å². The summed E-state index contributed by atoms with van der Waals surface area (Å²) >= 11 is 11.9. The van der Waals surface area contributed by atoms with Crippen molar-refractivity contribution in [2.24, 2.45) is 0 Å². The predicted molar refractivity (Wildman–Crippen MR) is 92.7 cm³/mol. The number of allylic oxidation sites excluding steroid dienone is 2. The molecule has 0 spiro atoms. The summed E-state index contributed by atoms with van der Waals surface area (Å²) in [6.45, 7) is 2.23. The average Bonchev–Trinajstić information content (AvgIpc) is 2.49. The van der Waals surface area contributed by atoms with Crippen molar-refractivity contribution < 1.29 is 0 Å². The summed E-state index contributed by atoms with van der Waals surface area (Å²) in [5.74, 6) is 0. The topological polar surface area (TPSA) is 23.8 Å². The van der Waals surface area contributed by atoms with Crippen LogP contribution in [-0.2, 0) is 0 Å². The van der Waals surface area contributed by atoms with Crippen LogP contribution < -0.4 is 0 Å². The molecule has 1 rings (SSSR count). The van der Waals surface area contributed by atoms with E-state index in [-0.39, 0.29) is 0 Å². The molecule has 0 heterocycles. The van der Waals surface area contributed by atoms with Crippen molar-refractivity contribution in [2.75, 3.05) is 0 Å². The molecule has 0 N–H and O–H groups in total. The van der Waals surface area contributed by atoms with E-state index in [1.807, 2.05) is 12.1 Å². The first-order chi connectivity index (χ1) is 10.2. The Balaban J connectivity index is 2.39. The van der Waals surface area contributed by atoms with E-state index in [1.54, 1.807) is 12.1 Å². The Kier molecular flexibility index (Phi) is 9.22. The molecule has 0 saturated carbocycles. The number of rotatable bonds is 9. The van der Waals surface area contributed by atoms with E-state index in [4.69, 9.17) is 23.2 Å². The molecule has 114 valence electrons. The molecule has 0 saturated heterocycles. The first-order valence-corrected chi connectivity index (χ1v) is 8.50. The molecule has 21 heavy (non-hydrogen) atoms. The van der Waals surface area contributed by atoms with E-state index >= 15 is 0 Å². The van der Waals surface area contributed by atoms with Gasteiger partial charge in [0.2, 0.25) is 0 Å². The third kappa shape index (κ3) is 7.02. The molecule has 0 radical (unpaired) electrons. The zero-order chi connectivity index (χ0) is 15.5. The molecule has 0 aliphatic heterocycles. The maximum atomic E-state index is 9.25. The second-order valence-corrected chi connectivity index (χ2v) is 6.08. The highest BCUT2D eigenvalue weighted by Crippen LogP contribution is 2.26. The summed E-state index contributed by atoms with van der Waals surface area (Å²) in [6.07, 6.45) is 11.9. The number of nitrogens with zero attached hydrogens (tertiary/aromatic N) is 1. The molecule has 0 aliphatic rings. The zero-order valence-corrected chi connectivity index (χ0v) is 14.2. The third-order valence-corrected chi connectivity index (χ3v) is 4.25. The lowest BCUT2D eigenvalue weighted by atomic mass is 10.0. The van der Waals surface area contributed by atoms with Gasteiger partial charge in [0.1, 0.15) is 0 Å². The second kappa shape index (κ2) is 10.7. The van der Waals surface area contributed by atoms with Crippen molar-refractivity contribution in [1.29, 1.82) is 5.26 Å². The van der Waals surface area contributed by atoms with Gasteiger partial charge in [0.05, 0.1) is 21.7 Å². The predicted octanol–water partition coefficient (Wildman–Crippen LogP) is 7.04. The van der Waals surface area contributed by atoms with Crippen LogP contribution in [0.15, 0.2) is 24.3 Å². The molecule has 0 aromatic heterocycles. The third-order valence-electron chi connectivity index (χ3n) is 3.51. The molecule has 0 amide bonds. The van der Waals surface area contributed by atoms with Crippen LogP contribution in [0.2, 0.25) is 10.0 Å². The quantitative estimate of drug-likeness (QED) is 0.353. The second-order valence-electron chi connectivity index (χ2n) is 5.27. The minimum atomic E-state index is 0.492. The van der Waals surface area contributed by atoms with Crippen LogP contribution in [-0.4, -0.2) is 0 Å². The Morgan fingerprint density at radius 2 is 1.71 bits per heavy atom. The lowest BCUT2D eigenvalue weighted by molar-refractivity contribution is 0.592. The number of unbranched alkanes of at least 4 members (excludes halogenated alkanes) is 7. The SMILES string of the molecule is CCCCCCCCC/C=C(\C#N)c1ccc(Cl)c(Cl)c1. The fourth-order valence-electron chi connectivity index (χ4n) is 2.24. The van der Waals surface area contributed by atoms with Gasteiger partial charge in [0.15, 0.2) is 0 Å². The number of halogens is 2. The fourth-order valence-corrected chi connectivity index (χ4v) is 2.54. The molecule has 0 aliphatic carbocycles. The van der Waals surface area contributed by atoms with Gasteiger partial charge in [0, 0.05) is 0 Å². The molecule has 0 unspecified atom stereocenters. The minimum Gasteiger partial charge on any atom is -0.192 e. The number of hydrogen-bond acceptors (Lipinski definition) is 1. The van der Waals surface area contributed by atoms with Crippen LogP contribution >= 0.6 is 23.2 Å². The van der Waals surface area contributed by atoms with Crippen LogP contribution in [0.3, 0.4) is 0 Å². The summed E-state index contributed by atoms with van der Waals surface area (Å²) < 4.78 is 0. The Morgan fingerprint density at radius 1 is 1.05 bits per heavy atom. The van der Waals surface area contributed by atoms with Gasteiger partial charge in [-0.05, 0) is 30.5 Å². The summed E-state index contributed by atoms with van der Waals surface area (Å²) in [6, 6.07) is 7.57. The molecule has 1 nitrogen and oxygen atoms in total. The van der Waals surface area contributed by atoms with E-state index in [0.29, 0.717) is 15.6 Å². The number of nitriles is 1. The molecule has 0 bridgehead atoms. The molecule has 3 heteroatoms. The molecular weight excluding hydrogens is 301 g/mol. The molecule has 0 atom stereocenters. The Labute approximate surface area is 138 Å². The van der Waals surface area contributed by atoms with E-state index in [9.17, 15) is 5.26 Å². The Hall–Kier alpha value is -0.970. The molecular formula is C18H23Cl2N. The lowest BCUT2D eigenvalue weighted by Crippen LogP contribution is -1.84. The van der Waals surface area contributed by atoms with E-state index in [0.717, 1.165) is 18.4 Å². The van der Waals surface area contributed by atoms with Crippen molar-refractivity contribution >= 4 is 28.8 Å². The average molecular weight is 324 g/mol. The maximum absolute atomic E-state index is 9.25. The minimum absolute atomic E-state index is 0.492. The summed E-state index contributed by atoms with van der Waals surface area (Å²) in [5.41, 5.74) is 1.52. The largest absolute Gasteiger partial charge is 0.192 e. The lowest BCUT2D eigenvalue weighted by Gasteiger charge is -2.02. The van der Waals surface area contributed by atoms with Gasteiger partial charge < -0.3 is 0 Å².